The second-order valence-corrected chi connectivity index (χ2v) is 8.81. The Morgan fingerprint density at radius 3 is 2.24 bits per heavy atom. The van der Waals surface area contributed by atoms with E-state index in [1.54, 1.807) is 0 Å². The van der Waals surface area contributed by atoms with Gasteiger partial charge in [0.05, 0.1) is 0 Å². The predicted octanol–water partition coefficient (Wildman–Crippen LogP) is 5.31. The highest BCUT2D eigenvalue weighted by molar-refractivity contribution is 9.10. The van der Waals surface area contributed by atoms with Crippen molar-refractivity contribution in [2.75, 3.05) is 6.26 Å². The smallest absolute Gasteiger partial charge is 0.181 e. The van der Waals surface area contributed by atoms with Gasteiger partial charge in [-0.2, -0.15) is 0 Å². The van der Waals surface area contributed by atoms with Crippen LogP contribution in [0.25, 0.3) is 11.1 Å². The summed E-state index contributed by atoms with van der Waals surface area (Å²) in [4.78, 5) is -0.885. The average Bonchev–Trinajstić information content (AvgIpc) is 2.97. The molecule has 2 aromatic carbocycles. The highest BCUT2D eigenvalue weighted by Crippen LogP contribution is 2.37. The Bertz CT molecular complexity index is 1010. The summed E-state index contributed by atoms with van der Waals surface area (Å²) in [5.74, 6) is -2.13. The molecule has 0 heterocycles. The third-order valence-corrected chi connectivity index (χ3v) is 6.14. The van der Waals surface area contributed by atoms with Crippen LogP contribution in [-0.4, -0.2) is 14.7 Å². The van der Waals surface area contributed by atoms with Crippen molar-refractivity contribution in [2.24, 2.45) is 0 Å². The van der Waals surface area contributed by atoms with E-state index in [0.717, 1.165) is 45.1 Å². The molecule has 0 N–H and O–H groups in total. The molecule has 0 spiro atoms. The number of allylic oxidation sites excluding steroid dienone is 4. The maximum atomic E-state index is 14.2. The summed E-state index contributed by atoms with van der Waals surface area (Å²) in [6.45, 7) is 1.97. The van der Waals surface area contributed by atoms with Crippen LogP contribution in [0.4, 0.5) is 8.78 Å². The zero-order chi connectivity index (χ0) is 18.4. The van der Waals surface area contributed by atoms with Crippen molar-refractivity contribution < 1.29 is 17.2 Å². The number of rotatable bonds is 3. The first-order valence-corrected chi connectivity index (χ1v) is 10.2. The largest absolute Gasteiger partial charge is 0.224 e. The standard InChI is InChI=1S/C19H15BrF2O2S/c1-11-8-12(6-7-16(11)20)14-4-3-5-15(14)13-9-17(21)19(18(22)10-13)25(2,23)24/h3-4,6-10H,5H2,1-2H3. The fourth-order valence-electron chi connectivity index (χ4n) is 2.95. The summed E-state index contributed by atoms with van der Waals surface area (Å²) in [7, 11) is -3.97. The summed E-state index contributed by atoms with van der Waals surface area (Å²) in [5.41, 5.74) is 3.98. The Kier molecular flexibility index (Phi) is 4.68. The Morgan fingerprint density at radius 1 is 1.04 bits per heavy atom. The number of hydrogen-bond acceptors (Lipinski definition) is 2. The molecule has 2 aromatic rings. The zero-order valence-electron chi connectivity index (χ0n) is 13.6. The van der Waals surface area contributed by atoms with Crippen LogP contribution in [0.15, 0.2) is 51.9 Å². The van der Waals surface area contributed by atoms with E-state index in [-0.39, 0.29) is 0 Å². The molecule has 0 fully saturated rings. The van der Waals surface area contributed by atoms with Gasteiger partial charge in [0.1, 0.15) is 16.5 Å². The number of hydrogen-bond donors (Lipinski definition) is 0. The highest BCUT2D eigenvalue weighted by atomic mass is 79.9. The molecular formula is C19H15BrF2O2S. The van der Waals surface area contributed by atoms with E-state index < -0.39 is 26.4 Å². The van der Waals surface area contributed by atoms with Gasteiger partial charge in [0.15, 0.2) is 9.84 Å². The maximum absolute atomic E-state index is 14.2. The molecule has 0 saturated heterocycles. The molecular weight excluding hydrogens is 410 g/mol. The fourth-order valence-corrected chi connectivity index (χ4v) is 4.02. The van der Waals surface area contributed by atoms with Gasteiger partial charge in [-0.05, 0) is 59.4 Å². The molecule has 3 rings (SSSR count). The van der Waals surface area contributed by atoms with E-state index in [4.69, 9.17) is 0 Å². The van der Waals surface area contributed by atoms with E-state index in [2.05, 4.69) is 15.9 Å². The topological polar surface area (TPSA) is 34.1 Å². The van der Waals surface area contributed by atoms with Crippen molar-refractivity contribution in [3.05, 3.63) is 75.3 Å². The zero-order valence-corrected chi connectivity index (χ0v) is 16.0. The number of sulfone groups is 1. The lowest BCUT2D eigenvalue weighted by molar-refractivity contribution is 0.520. The van der Waals surface area contributed by atoms with Crippen molar-refractivity contribution in [1.29, 1.82) is 0 Å². The first kappa shape index (κ1) is 18.0. The Morgan fingerprint density at radius 2 is 1.68 bits per heavy atom. The van der Waals surface area contributed by atoms with Crippen LogP contribution in [0.1, 0.15) is 23.1 Å². The predicted molar refractivity (Wildman–Crippen MR) is 98.9 cm³/mol. The van der Waals surface area contributed by atoms with Crippen LogP contribution < -0.4 is 0 Å². The van der Waals surface area contributed by atoms with Crippen LogP contribution >= 0.6 is 15.9 Å². The van der Waals surface area contributed by atoms with E-state index in [1.807, 2.05) is 37.3 Å². The van der Waals surface area contributed by atoms with Crippen molar-refractivity contribution >= 4 is 36.9 Å². The molecule has 2 nitrogen and oxygen atoms in total. The lowest BCUT2D eigenvalue weighted by Gasteiger charge is -2.12. The Balaban J connectivity index is 2.16. The lowest BCUT2D eigenvalue weighted by atomic mass is 9.95. The van der Waals surface area contributed by atoms with Gasteiger partial charge < -0.3 is 0 Å². The molecule has 0 radical (unpaired) electrons. The summed E-state index contributed by atoms with van der Waals surface area (Å²) < 4.78 is 52.6. The van der Waals surface area contributed by atoms with Gasteiger partial charge >= 0.3 is 0 Å². The molecule has 0 saturated carbocycles. The minimum atomic E-state index is -3.97. The highest BCUT2D eigenvalue weighted by Gasteiger charge is 2.23. The summed E-state index contributed by atoms with van der Waals surface area (Å²) >= 11 is 3.45. The minimum absolute atomic E-state index is 0.350. The van der Waals surface area contributed by atoms with Crippen LogP contribution in [0.5, 0.6) is 0 Å². The third kappa shape index (κ3) is 3.46. The normalized spacial score (nSPS) is 14.4. The van der Waals surface area contributed by atoms with Gasteiger partial charge in [-0.3, -0.25) is 0 Å². The van der Waals surface area contributed by atoms with Crippen LogP contribution in [0.3, 0.4) is 0 Å². The molecule has 0 atom stereocenters. The van der Waals surface area contributed by atoms with Gasteiger partial charge in [0.2, 0.25) is 0 Å². The molecule has 0 bridgehead atoms. The average molecular weight is 425 g/mol. The molecule has 6 heteroatoms. The summed E-state index contributed by atoms with van der Waals surface area (Å²) in [5, 5.41) is 0. The van der Waals surface area contributed by atoms with Crippen LogP contribution in [0.2, 0.25) is 0 Å². The monoisotopic (exact) mass is 424 g/mol. The molecule has 130 valence electrons. The van der Waals surface area contributed by atoms with E-state index in [1.165, 1.54) is 0 Å². The van der Waals surface area contributed by atoms with E-state index in [0.29, 0.717) is 12.0 Å². The van der Waals surface area contributed by atoms with Crippen LogP contribution in [-0.2, 0) is 9.84 Å². The first-order chi connectivity index (χ1) is 11.7. The first-order valence-electron chi connectivity index (χ1n) is 7.54. The van der Waals surface area contributed by atoms with Gasteiger partial charge in [-0.25, -0.2) is 17.2 Å². The van der Waals surface area contributed by atoms with E-state index >= 15 is 0 Å². The molecule has 0 aromatic heterocycles. The molecule has 1 aliphatic carbocycles. The van der Waals surface area contributed by atoms with Gasteiger partial charge in [-0.1, -0.05) is 40.2 Å². The van der Waals surface area contributed by atoms with Crippen molar-refractivity contribution in [3.63, 3.8) is 0 Å². The van der Waals surface area contributed by atoms with Crippen molar-refractivity contribution in [2.45, 2.75) is 18.2 Å². The number of benzene rings is 2. The Labute approximate surface area is 153 Å². The maximum Gasteiger partial charge on any atom is 0.181 e. The van der Waals surface area contributed by atoms with Crippen LogP contribution in [0, 0.1) is 18.6 Å². The minimum Gasteiger partial charge on any atom is -0.224 e. The Hall–Kier alpha value is -1.79. The van der Waals surface area contributed by atoms with E-state index in [9.17, 15) is 17.2 Å². The fraction of sp³-hybridized carbons (Fsp3) is 0.158. The number of aryl methyl sites for hydroxylation is 1. The summed E-state index contributed by atoms with van der Waals surface area (Å²) in [6, 6.07) is 8.03. The molecule has 0 unspecified atom stereocenters. The number of halogens is 3. The van der Waals surface area contributed by atoms with Gasteiger partial charge in [0, 0.05) is 10.7 Å². The van der Waals surface area contributed by atoms with Gasteiger partial charge in [-0.15, -0.1) is 0 Å². The molecule has 0 amide bonds. The van der Waals surface area contributed by atoms with Gasteiger partial charge in [0.25, 0.3) is 0 Å². The molecule has 1 aliphatic rings. The molecule has 0 aliphatic heterocycles. The second kappa shape index (κ2) is 6.50. The van der Waals surface area contributed by atoms with Crippen molar-refractivity contribution in [3.8, 4) is 0 Å². The quantitative estimate of drug-likeness (QED) is 0.668. The third-order valence-electron chi connectivity index (χ3n) is 4.12. The summed E-state index contributed by atoms with van der Waals surface area (Å²) in [6.07, 6.45) is 5.16. The SMILES string of the molecule is Cc1cc(C2=C(c3cc(F)c(S(C)(=O)=O)c(F)c3)CC=C2)ccc1Br. The second-order valence-electron chi connectivity index (χ2n) is 6.00. The lowest BCUT2D eigenvalue weighted by Crippen LogP contribution is -2.05. The van der Waals surface area contributed by atoms with Crippen molar-refractivity contribution in [1.82, 2.24) is 0 Å². The molecule has 25 heavy (non-hydrogen) atoms.